The maximum Gasteiger partial charge on any atom is 0.177 e. The summed E-state index contributed by atoms with van der Waals surface area (Å²) in [5.74, 6) is -1.77. The maximum absolute atomic E-state index is 9.76. The molecule has 0 spiro atoms. The summed E-state index contributed by atoms with van der Waals surface area (Å²) in [5.41, 5.74) is -3.89. The first kappa shape index (κ1) is 18.3. The van der Waals surface area contributed by atoms with Crippen LogP contribution in [0.2, 0.25) is 0 Å². The molecule has 0 aromatic heterocycles. The molecule has 0 unspecified atom stereocenters. The predicted octanol–water partition coefficient (Wildman–Crippen LogP) is 2.03. The van der Waals surface area contributed by atoms with Gasteiger partial charge < -0.3 is 14.9 Å². The molecule has 0 bridgehead atoms. The Kier molecular flexibility index (Phi) is 4.53. The van der Waals surface area contributed by atoms with Crippen molar-refractivity contribution in [2.75, 3.05) is 14.2 Å². The fourth-order valence-corrected chi connectivity index (χ4v) is 3.30. The van der Waals surface area contributed by atoms with E-state index in [9.17, 15) is 15.8 Å². The number of hydrogen-bond donors (Lipinski definition) is 1. The van der Waals surface area contributed by atoms with E-state index in [0.29, 0.717) is 17.1 Å². The van der Waals surface area contributed by atoms with Crippen molar-refractivity contribution in [3.8, 4) is 41.8 Å². The van der Waals surface area contributed by atoms with E-state index >= 15 is 0 Å². The van der Waals surface area contributed by atoms with Gasteiger partial charge in [0, 0.05) is 5.92 Å². The molecule has 1 aliphatic carbocycles. The SMILES string of the molecule is COc1ccc([C@@H]2C(C#N)(C#N)[C@@]2(C#N)C(=N)C(C#N)C#N)cc1OC. The second-order valence-corrected chi connectivity index (χ2v) is 5.60. The molecular weight excluding hydrogens is 332 g/mol. The lowest BCUT2D eigenvalue weighted by atomic mass is 9.84. The van der Waals surface area contributed by atoms with Gasteiger partial charge >= 0.3 is 0 Å². The van der Waals surface area contributed by atoms with E-state index in [4.69, 9.17) is 25.4 Å². The molecule has 0 heterocycles. The fourth-order valence-electron chi connectivity index (χ4n) is 3.30. The van der Waals surface area contributed by atoms with Crippen LogP contribution < -0.4 is 9.47 Å². The lowest BCUT2D eigenvalue weighted by molar-refractivity contribution is 0.354. The van der Waals surface area contributed by atoms with Gasteiger partial charge in [0.1, 0.15) is 5.41 Å². The zero-order valence-electron chi connectivity index (χ0n) is 13.9. The van der Waals surface area contributed by atoms with Crippen molar-refractivity contribution in [2.24, 2.45) is 16.7 Å². The Morgan fingerprint density at radius 3 is 2.00 bits per heavy atom. The zero-order chi connectivity index (χ0) is 19.5. The highest BCUT2D eigenvalue weighted by Gasteiger charge is 2.83. The molecule has 126 valence electrons. The minimum atomic E-state index is -1.88. The number of nitriles is 5. The average Bonchev–Trinajstić information content (AvgIpc) is 3.31. The number of methoxy groups -OCH3 is 2. The van der Waals surface area contributed by atoms with Crippen LogP contribution in [-0.4, -0.2) is 19.9 Å². The molecule has 26 heavy (non-hydrogen) atoms. The van der Waals surface area contributed by atoms with Gasteiger partial charge in [0.2, 0.25) is 0 Å². The van der Waals surface area contributed by atoms with Gasteiger partial charge in [-0.2, -0.15) is 26.3 Å². The number of rotatable bonds is 5. The van der Waals surface area contributed by atoms with Gasteiger partial charge in [-0.1, -0.05) is 6.07 Å². The monoisotopic (exact) mass is 344 g/mol. The first-order valence-electron chi connectivity index (χ1n) is 7.31. The molecule has 2 atom stereocenters. The van der Waals surface area contributed by atoms with Crippen molar-refractivity contribution in [1.29, 1.82) is 31.7 Å². The van der Waals surface area contributed by atoms with Gasteiger partial charge in [0.25, 0.3) is 0 Å². The van der Waals surface area contributed by atoms with Gasteiger partial charge in [0.05, 0.1) is 50.3 Å². The van der Waals surface area contributed by atoms with Crippen molar-refractivity contribution >= 4 is 5.71 Å². The van der Waals surface area contributed by atoms with Crippen LogP contribution in [-0.2, 0) is 0 Å². The first-order chi connectivity index (χ1) is 12.5. The zero-order valence-corrected chi connectivity index (χ0v) is 13.9. The van der Waals surface area contributed by atoms with E-state index in [1.54, 1.807) is 24.3 Å². The molecule has 1 fully saturated rings. The molecule has 2 rings (SSSR count). The van der Waals surface area contributed by atoms with Crippen molar-refractivity contribution in [3.05, 3.63) is 23.8 Å². The average molecular weight is 344 g/mol. The minimum Gasteiger partial charge on any atom is -0.493 e. The molecule has 0 aliphatic heterocycles. The van der Waals surface area contributed by atoms with Crippen LogP contribution in [0.3, 0.4) is 0 Å². The smallest absolute Gasteiger partial charge is 0.177 e. The van der Waals surface area contributed by atoms with Crippen LogP contribution >= 0.6 is 0 Å². The standard InChI is InChI=1S/C18H12N6O2/c1-25-13-4-3-11(5-14(13)26-2)15-17(8-21,9-22)18(15,10-23)16(24)12(6-19)7-20/h3-5,12,15,24H,1-2H3/t15-,18-/m1/s1. The van der Waals surface area contributed by atoms with Crippen LogP contribution in [0.15, 0.2) is 18.2 Å². The van der Waals surface area contributed by atoms with Crippen molar-refractivity contribution in [2.45, 2.75) is 5.92 Å². The normalized spacial score (nSPS) is 21.8. The largest absolute Gasteiger partial charge is 0.493 e. The van der Waals surface area contributed by atoms with Crippen LogP contribution in [0.5, 0.6) is 11.5 Å². The molecule has 1 aromatic rings. The molecule has 8 nitrogen and oxygen atoms in total. The van der Waals surface area contributed by atoms with Crippen LogP contribution in [0, 0.1) is 78.8 Å². The second-order valence-electron chi connectivity index (χ2n) is 5.60. The summed E-state index contributed by atoms with van der Waals surface area (Å²) in [5, 5.41) is 55.4. The third kappa shape index (κ3) is 2.06. The van der Waals surface area contributed by atoms with Crippen LogP contribution in [0.4, 0.5) is 0 Å². The van der Waals surface area contributed by atoms with E-state index in [2.05, 4.69) is 0 Å². The van der Waals surface area contributed by atoms with E-state index in [1.807, 2.05) is 18.2 Å². The number of ether oxygens (including phenoxy) is 2. The van der Waals surface area contributed by atoms with E-state index in [-0.39, 0.29) is 0 Å². The number of nitrogens with zero attached hydrogens (tertiary/aromatic N) is 5. The quantitative estimate of drug-likeness (QED) is 0.799. The van der Waals surface area contributed by atoms with E-state index in [1.165, 1.54) is 20.3 Å². The Labute approximate surface area is 150 Å². The molecule has 0 saturated heterocycles. The predicted molar refractivity (Wildman–Crippen MR) is 86.4 cm³/mol. The molecule has 8 heteroatoms. The van der Waals surface area contributed by atoms with Crippen LogP contribution in [0.25, 0.3) is 0 Å². The maximum atomic E-state index is 9.76. The molecule has 1 N–H and O–H groups in total. The van der Waals surface area contributed by atoms with Crippen molar-refractivity contribution in [3.63, 3.8) is 0 Å². The highest BCUT2D eigenvalue weighted by atomic mass is 16.5. The lowest BCUT2D eigenvalue weighted by Gasteiger charge is -2.12. The number of benzene rings is 1. The molecule has 1 aliphatic rings. The molecule has 0 amide bonds. The summed E-state index contributed by atoms with van der Waals surface area (Å²) in [4.78, 5) is 0. The number of hydrogen-bond acceptors (Lipinski definition) is 8. The fraction of sp³-hybridized carbons (Fsp3) is 0.333. The Balaban J connectivity index is 2.69. The highest BCUT2D eigenvalue weighted by molar-refractivity contribution is 6.02. The lowest BCUT2D eigenvalue weighted by Crippen LogP contribution is -2.26. The third-order valence-corrected chi connectivity index (χ3v) is 4.65. The van der Waals surface area contributed by atoms with E-state index < -0.39 is 28.4 Å². The molecule has 1 aromatic carbocycles. The van der Waals surface area contributed by atoms with Gasteiger partial charge in [-0.05, 0) is 17.7 Å². The first-order valence-corrected chi connectivity index (χ1v) is 7.31. The van der Waals surface area contributed by atoms with Crippen molar-refractivity contribution < 1.29 is 9.47 Å². The Morgan fingerprint density at radius 2 is 1.58 bits per heavy atom. The summed E-state index contributed by atoms with van der Waals surface area (Å²) < 4.78 is 10.4. The highest BCUT2D eigenvalue weighted by Crippen LogP contribution is 2.74. The molecule has 0 radical (unpaired) electrons. The van der Waals surface area contributed by atoms with Gasteiger partial charge in [-0.3, -0.25) is 0 Å². The summed E-state index contributed by atoms with van der Waals surface area (Å²) >= 11 is 0. The minimum absolute atomic E-state index is 0.331. The Hall–Kier alpha value is -4.06. The van der Waals surface area contributed by atoms with Gasteiger partial charge in [0.15, 0.2) is 22.8 Å². The Morgan fingerprint density at radius 1 is 1.00 bits per heavy atom. The van der Waals surface area contributed by atoms with Crippen molar-refractivity contribution in [1.82, 2.24) is 0 Å². The van der Waals surface area contributed by atoms with E-state index in [0.717, 1.165) is 0 Å². The van der Waals surface area contributed by atoms with Gasteiger partial charge in [-0.15, -0.1) is 0 Å². The summed E-state index contributed by atoms with van der Waals surface area (Å²) in [6, 6.07) is 13.4. The Bertz CT molecular complexity index is 953. The molecular formula is C18H12N6O2. The second kappa shape index (κ2) is 6.45. The third-order valence-electron chi connectivity index (χ3n) is 4.65. The summed E-state index contributed by atoms with van der Waals surface area (Å²) in [6.45, 7) is 0. The van der Waals surface area contributed by atoms with Crippen LogP contribution in [0.1, 0.15) is 11.5 Å². The number of nitrogens with one attached hydrogen (secondary N) is 1. The van der Waals surface area contributed by atoms with Gasteiger partial charge in [-0.25, -0.2) is 0 Å². The summed E-state index contributed by atoms with van der Waals surface area (Å²) in [6.07, 6.45) is 0. The topological polar surface area (TPSA) is 161 Å². The molecule has 1 saturated carbocycles. The summed E-state index contributed by atoms with van der Waals surface area (Å²) in [7, 11) is 2.86.